The van der Waals surface area contributed by atoms with Crippen LogP contribution in [0.25, 0.3) is 0 Å². The molecule has 0 bridgehead atoms. The maximum atomic E-state index is 13.4. The lowest BCUT2D eigenvalue weighted by Gasteiger charge is -2.30. The van der Waals surface area contributed by atoms with Crippen molar-refractivity contribution in [3.05, 3.63) is 35.6 Å². The van der Waals surface area contributed by atoms with Gasteiger partial charge >= 0.3 is 12.4 Å². The molecule has 0 heterocycles. The van der Waals surface area contributed by atoms with Crippen LogP contribution in [-0.4, -0.2) is 19.4 Å². The van der Waals surface area contributed by atoms with E-state index in [1.807, 2.05) is 5.32 Å². The molecule has 0 aliphatic rings. The van der Waals surface area contributed by atoms with Gasteiger partial charge in [-0.15, -0.1) is 0 Å². The molecule has 0 fully saturated rings. The lowest BCUT2D eigenvalue weighted by Crippen LogP contribution is -2.45. The zero-order chi connectivity index (χ0) is 14.8. The first-order chi connectivity index (χ1) is 8.59. The second-order valence-electron chi connectivity index (χ2n) is 3.85. The molecule has 1 atom stereocenters. The molecule has 1 aromatic carbocycles. The van der Waals surface area contributed by atoms with Crippen LogP contribution in [0.2, 0.25) is 0 Å². The van der Waals surface area contributed by atoms with Crippen molar-refractivity contribution in [2.24, 2.45) is 5.92 Å². The van der Waals surface area contributed by atoms with Gasteiger partial charge in [0.1, 0.15) is 5.82 Å². The van der Waals surface area contributed by atoms with Crippen molar-refractivity contribution in [2.45, 2.75) is 18.4 Å². The van der Waals surface area contributed by atoms with E-state index in [1.54, 1.807) is 0 Å². The number of hydrogen-bond acceptors (Lipinski definition) is 1. The van der Waals surface area contributed by atoms with Gasteiger partial charge in [-0.05, 0) is 13.1 Å². The Balaban J connectivity index is 3.30. The third-order valence-electron chi connectivity index (χ3n) is 2.59. The van der Waals surface area contributed by atoms with E-state index in [4.69, 9.17) is 0 Å². The molecule has 0 aliphatic heterocycles. The van der Waals surface area contributed by atoms with Gasteiger partial charge in [0.05, 0.1) is 6.04 Å². The molecule has 1 aromatic rings. The highest BCUT2D eigenvalue weighted by molar-refractivity contribution is 5.22. The second kappa shape index (κ2) is 5.36. The molecular weight excluding hydrogens is 279 g/mol. The largest absolute Gasteiger partial charge is 0.402 e. The Morgan fingerprint density at radius 2 is 1.42 bits per heavy atom. The molecule has 1 rings (SSSR count). The first kappa shape index (κ1) is 15.7. The van der Waals surface area contributed by atoms with Crippen LogP contribution >= 0.6 is 0 Å². The number of hydrogen-bond donors (Lipinski definition) is 1. The summed E-state index contributed by atoms with van der Waals surface area (Å²) in [5.41, 5.74) is -0.676. The zero-order valence-corrected chi connectivity index (χ0v) is 9.61. The van der Waals surface area contributed by atoms with Crippen molar-refractivity contribution in [2.75, 3.05) is 7.05 Å². The minimum Gasteiger partial charge on any atom is -0.312 e. The van der Waals surface area contributed by atoms with E-state index in [9.17, 15) is 30.7 Å². The van der Waals surface area contributed by atoms with Crippen molar-refractivity contribution in [3.8, 4) is 0 Å². The molecule has 0 radical (unpaired) electrons. The first-order valence-corrected chi connectivity index (χ1v) is 5.14. The highest BCUT2D eigenvalue weighted by atomic mass is 19.4. The molecule has 108 valence electrons. The molecule has 0 aliphatic carbocycles. The maximum Gasteiger partial charge on any atom is 0.402 e. The predicted molar refractivity (Wildman–Crippen MR) is 53.8 cm³/mol. The normalized spacial score (nSPS) is 14.8. The van der Waals surface area contributed by atoms with Gasteiger partial charge in [-0.1, -0.05) is 18.2 Å². The van der Waals surface area contributed by atoms with E-state index in [-0.39, 0.29) is 0 Å². The van der Waals surface area contributed by atoms with Crippen LogP contribution in [0.5, 0.6) is 0 Å². The Morgan fingerprint density at radius 1 is 0.947 bits per heavy atom. The second-order valence-corrected chi connectivity index (χ2v) is 3.85. The lowest BCUT2D eigenvalue weighted by atomic mass is 9.91. The van der Waals surface area contributed by atoms with Crippen molar-refractivity contribution >= 4 is 0 Å². The molecule has 1 nitrogen and oxygen atoms in total. The average Bonchev–Trinajstić information content (AvgIpc) is 2.23. The minimum absolute atomic E-state index is 0.676. The molecule has 0 aromatic heterocycles. The summed E-state index contributed by atoms with van der Waals surface area (Å²) in [6.07, 6.45) is -11.1. The van der Waals surface area contributed by atoms with Crippen molar-refractivity contribution in [3.63, 3.8) is 0 Å². The Morgan fingerprint density at radius 3 is 1.79 bits per heavy atom. The van der Waals surface area contributed by atoms with E-state index in [0.717, 1.165) is 19.2 Å². The molecule has 19 heavy (non-hydrogen) atoms. The van der Waals surface area contributed by atoms with Crippen LogP contribution in [-0.2, 0) is 0 Å². The minimum atomic E-state index is -5.53. The van der Waals surface area contributed by atoms with Crippen molar-refractivity contribution < 1.29 is 30.7 Å². The third-order valence-corrected chi connectivity index (χ3v) is 2.59. The maximum absolute atomic E-state index is 13.4. The number of nitrogens with one attached hydrogen (secondary N) is 1. The van der Waals surface area contributed by atoms with E-state index >= 15 is 0 Å². The standard InChI is InChI=1S/C11H10F7N/c1-19-8(6-4-2-3-5-7(6)12)9(10(13,14)15)11(16,17)18/h2-5,8-9,19H,1H3. The third kappa shape index (κ3) is 3.59. The van der Waals surface area contributed by atoms with Crippen LogP contribution in [0.1, 0.15) is 11.6 Å². The van der Waals surface area contributed by atoms with Gasteiger partial charge in [0.2, 0.25) is 0 Å². The fraction of sp³-hybridized carbons (Fsp3) is 0.455. The molecule has 0 saturated carbocycles. The summed E-state index contributed by atoms with van der Waals surface area (Å²) in [7, 11) is 0.918. The summed E-state index contributed by atoms with van der Waals surface area (Å²) in [6.45, 7) is 0. The lowest BCUT2D eigenvalue weighted by molar-refractivity contribution is -0.292. The van der Waals surface area contributed by atoms with E-state index in [0.29, 0.717) is 0 Å². The summed E-state index contributed by atoms with van der Waals surface area (Å²) < 4.78 is 88.9. The number of benzene rings is 1. The summed E-state index contributed by atoms with van der Waals surface area (Å²) >= 11 is 0. The highest BCUT2D eigenvalue weighted by Crippen LogP contribution is 2.46. The van der Waals surface area contributed by atoms with Crippen molar-refractivity contribution in [1.82, 2.24) is 5.32 Å². The van der Waals surface area contributed by atoms with Crippen molar-refractivity contribution in [1.29, 1.82) is 0 Å². The molecule has 0 spiro atoms. The molecule has 0 saturated heterocycles. The zero-order valence-electron chi connectivity index (χ0n) is 9.61. The smallest absolute Gasteiger partial charge is 0.312 e. The van der Waals surface area contributed by atoms with Crippen LogP contribution < -0.4 is 5.32 Å². The van der Waals surface area contributed by atoms with Gasteiger partial charge in [-0.3, -0.25) is 0 Å². The molecule has 1 unspecified atom stereocenters. The molecular formula is C11H10F7N. The highest BCUT2D eigenvalue weighted by Gasteiger charge is 2.60. The van der Waals surface area contributed by atoms with Gasteiger partial charge in [0.25, 0.3) is 0 Å². The Labute approximate surface area is 104 Å². The van der Waals surface area contributed by atoms with Crippen LogP contribution in [0.3, 0.4) is 0 Å². The van der Waals surface area contributed by atoms with E-state index < -0.39 is 35.7 Å². The number of halogens is 7. The van der Waals surface area contributed by atoms with Gasteiger partial charge in [-0.25, -0.2) is 4.39 Å². The summed E-state index contributed by atoms with van der Waals surface area (Å²) in [6, 6.07) is 1.82. The monoisotopic (exact) mass is 289 g/mol. The fourth-order valence-electron chi connectivity index (χ4n) is 1.79. The van der Waals surface area contributed by atoms with Gasteiger partial charge in [0.15, 0.2) is 5.92 Å². The summed E-state index contributed by atoms with van der Waals surface area (Å²) in [5.74, 6) is -4.80. The molecule has 1 N–H and O–H groups in total. The fourth-order valence-corrected chi connectivity index (χ4v) is 1.79. The topological polar surface area (TPSA) is 12.0 Å². The average molecular weight is 289 g/mol. The van der Waals surface area contributed by atoms with Crippen LogP contribution in [0.15, 0.2) is 24.3 Å². The molecule has 8 heteroatoms. The Bertz CT molecular complexity index is 410. The predicted octanol–water partition coefficient (Wildman–Crippen LogP) is 3.83. The van der Waals surface area contributed by atoms with Crippen LogP contribution in [0.4, 0.5) is 30.7 Å². The SMILES string of the molecule is CNC(c1ccccc1F)C(C(F)(F)F)C(F)(F)F. The van der Waals surface area contributed by atoms with E-state index in [1.165, 1.54) is 12.1 Å². The van der Waals surface area contributed by atoms with Gasteiger partial charge < -0.3 is 5.32 Å². The molecule has 0 amide bonds. The summed E-state index contributed by atoms with van der Waals surface area (Å²) in [4.78, 5) is 0. The number of rotatable bonds is 3. The van der Waals surface area contributed by atoms with Gasteiger partial charge in [-0.2, -0.15) is 26.3 Å². The van der Waals surface area contributed by atoms with Gasteiger partial charge in [0, 0.05) is 5.56 Å². The van der Waals surface area contributed by atoms with E-state index in [2.05, 4.69) is 0 Å². The summed E-state index contributed by atoms with van der Waals surface area (Å²) in [5, 5.41) is 1.89. The number of alkyl halides is 6. The quantitative estimate of drug-likeness (QED) is 0.834. The first-order valence-electron chi connectivity index (χ1n) is 5.14. The Hall–Kier alpha value is -1.31. The van der Waals surface area contributed by atoms with Crippen LogP contribution in [0, 0.1) is 11.7 Å². The Kier molecular flexibility index (Phi) is 4.44.